The Morgan fingerprint density at radius 2 is 1.68 bits per heavy atom. The molecule has 4 aliphatic heterocycles. The molecule has 0 saturated carbocycles. The van der Waals surface area contributed by atoms with Gasteiger partial charge in [-0.25, -0.2) is 0 Å². The molecule has 8 atom stereocenters. The van der Waals surface area contributed by atoms with Crippen LogP contribution in [0.25, 0.3) is 0 Å². The normalized spacial score (nSPS) is 32.2. The summed E-state index contributed by atoms with van der Waals surface area (Å²) in [7, 11) is 1.71. The van der Waals surface area contributed by atoms with E-state index in [1.165, 1.54) is 4.90 Å². The number of allylic oxidation sites excluding steroid dienone is 1. The van der Waals surface area contributed by atoms with Crippen LogP contribution in [0.2, 0.25) is 0 Å². The maximum atomic E-state index is 15.1. The molecule has 10 heteroatoms. The SMILES string of the molecule is CC(C)C[C@H](CO)N1C(=O)[C@H]2[C@@H]3C(=O)O[C@@H](c4ccccc4)[C@H](C)N(C)C(=O)CC/C=C\[C@@H]3O[C@]23C=CCN(C(C)(C)CC(C)(C)C)C(=O)[C@H]13. The third-order valence-corrected chi connectivity index (χ3v) is 10.9. The second-order valence-corrected chi connectivity index (χ2v) is 16.9. The summed E-state index contributed by atoms with van der Waals surface area (Å²) >= 11 is 0. The van der Waals surface area contributed by atoms with Gasteiger partial charge in [0.25, 0.3) is 0 Å². The van der Waals surface area contributed by atoms with E-state index in [0.717, 1.165) is 5.56 Å². The average molecular weight is 692 g/mol. The summed E-state index contributed by atoms with van der Waals surface area (Å²) in [5.41, 5.74) is -1.42. The van der Waals surface area contributed by atoms with Gasteiger partial charge in [0.1, 0.15) is 23.7 Å². The summed E-state index contributed by atoms with van der Waals surface area (Å²) in [6.45, 7) is 16.4. The van der Waals surface area contributed by atoms with Gasteiger partial charge in [-0.2, -0.15) is 0 Å². The van der Waals surface area contributed by atoms with Crippen LogP contribution in [0.1, 0.15) is 92.7 Å². The molecule has 1 N–H and O–H groups in total. The van der Waals surface area contributed by atoms with Crippen LogP contribution < -0.4 is 0 Å². The smallest absolute Gasteiger partial charge is 0.313 e. The molecule has 3 amide bonds. The Hall–Kier alpha value is -3.50. The lowest BCUT2D eigenvalue weighted by Gasteiger charge is -2.45. The van der Waals surface area contributed by atoms with Gasteiger partial charge < -0.3 is 29.3 Å². The van der Waals surface area contributed by atoms with Crippen molar-refractivity contribution >= 4 is 23.7 Å². The topological polar surface area (TPSA) is 117 Å². The Morgan fingerprint density at radius 3 is 2.30 bits per heavy atom. The van der Waals surface area contributed by atoms with E-state index < -0.39 is 65.2 Å². The van der Waals surface area contributed by atoms with Crippen LogP contribution in [-0.4, -0.2) is 99.1 Å². The number of cyclic esters (lactones) is 1. The van der Waals surface area contributed by atoms with Crippen molar-refractivity contribution < 1.29 is 33.8 Å². The fourth-order valence-corrected chi connectivity index (χ4v) is 8.98. The summed E-state index contributed by atoms with van der Waals surface area (Å²) in [4.78, 5) is 62.9. The Labute approximate surface area is 297 Å². The quantitative estimate of drug-likeness (QED) is 0.314. The minimum atomic E-state index is -1.48. The summed E-state index contributed by atoms with van der Waals surface area (Å²) < 4.78 is 13.3. The van der Waals surface area contributed by atoms with Gasteiger partial charge >= 0.3 is 5.97 Å². The molecule has 0 aromatic heterocycles. The molecule has 274 valence electrons. The van der Waals surface area contributed by atoms with E-state index in [2.05, 4.69) is 20.8 Å². The molecule has 0 unspecified atom stereocenters. The molecule has 1 aromatic carbocycles. The molecule has 0 bridgehead atoms. The summed E-state index contributed by atoms with van der Waals surface area (Å²) in [6, 6.07) is 7.04. The summed E-state index contributed by atoms with van der Waals surface area (Å²) in [5, 5.41) is 10.8. The molecule has 2 fully saturated rings. The monoisotopic (exact) mass is 691 g/mol. The largest absolute Gasteiger partial charge is 0.455 e. The number of likely N-dealkylation sites (N-methyl/N-ethyl adjacent to an activating group) is 1. The van der Waals surface area contributed by atoms with Crippen molar-refractivity contribution in [1.29, 1.82) is 0 Å². The van der Waals surface area contributed by atoms with E-state index >= 15 is 9.59 Å². The van der Waals surface area contributed by atoms with Crippen molar-refractivity contribution in [3.05, 3.63) is 60.2 Å². The van der Waals surface area contributed by atoms with Gasteiger partial charge in [-0.3, -0.25) is 19.2 Å². The second kappa shape index (κ2) is 14.3. The molecule has 1 aromatic rings. The zero-order chi connectivity index (χ0) is 36.8. The lowest BCUT2D eigenvalue weighted by molar-refractivity contribution is -0.165. The van der Waals surface area contributed by atoms with Gasteiger partial charge in [-0.15, -0.1) is 0 Å². The Bertz CT molecular complexity index is 1500. The minimum absolute atomic E-state index is 0.0830. The maximum Gasteiger partial charge on any atom is 0.313 e. The van der Waals surface area contributed by atoms with E-state index in [0.29, 0.717) is 25.8 Å². The number of carbonyl (C=O) groups is 4. The first-order valence-corrected chi connectivity index (χ1v) is 18.2. The highest BCUT2D eigenvalue weighted by Gasteiger charge is 2.73. The first-order chi connectivity index (χ1) is 23.4. The van der Waals surface area contributed by atoms with Crippen LogP contribution >= 0.6 is 0 Å². The number of carbonyl (C=O) groups excluding carboxylic acids is 4. The average Bonchev–Trinajstić information content (AvgIpc) is 3.42. The number of ether oxygens (including phenoxy) is 2. The van der Waals surface area contributed by atoms with Gasteiger partial charge in [0, 0.05) is 25.6 Å². The summed E-state index contributed by atoms with van der Waals surface area (Å²) in [5.74, 6) is -3.40. The molecule has 2 saturated heterocycles. The molecule has 1 spiro atoms. The number of hydrogen-bond donors (Lipinski definition) is 1. The zero-order valence-corrected chi connectivity index (χ0v) is 31.3. The molecular weight excluding hydrogens is 634 g/mol. The molecule has 0 radical (unpaired) electrons. The van der Waals surface area contributed by atoms with E-state index in [1.54, 1.807) is 18.0 Å². The highest BCUT2D eigenvalue weighted by molar-refractivity contribution is 5.99. The Kier molecular flexibility index (Phi) is 10.8. The predicted octanol–water partition coefficient (Wildman–Crippen LogP) is 5.07. The number of likely N-dealkylation sites (tertiary alicyclic amines) is 1. The van der Waals surface area contributed by atoms with Crippen molar-refractivity contribution in [1.82, 2.24) is 14.7 Å². The highest BCUT2D eigenvalue weighted by atomic mass is 16.6. The highest BCUT2D eigenvalue weighted by Crippen LogP contribution is 2.54. The van der Waals surface area contributed by atoms with Crippen LogP contribution in [0, 0.1) is 23.2 Å². The maximum absolute atomic E-state index is 15.1. The molecular formula is C40H57N3O7. The zero-order valence-electron chi connectivity index (χ0n) is 31.3. The number of rotatable bonds is 7. The van der Waals surface area contributed by atoms with Crippen LogP contribution in [0.15, 0.2) is 54.6 Å². The second-order valence-electron chi connectivity index (χ2n) is 16.9. The third-order valence-electron chi connectivity index (χ3n) is 10.9. The van der Waals surface area contributed by atoms with Crippen molar-refractivity contribution in [3.8, 4) is 0 Å². The van der Waals surface area contributed by atoms with E-state index in [4.69, 9.17) is 9.47 Å². The molecule has 4 aliphatic rings. The van der Waals surface area contributed by atoms with Crippen LogP contribution in [0.4, 0.5) is 0 Å². The first kappa shape index (κ1) is 37.7. The van der Waals surface area contributed by atoms with E-state index in [1.807, 2.05) is 88.1 Å². The van der Waals surface area contributed by atoms with Gasteiger partial charge in [0.15, 0.2) is 0 Å². The number of esters is 1. The molecule has 0 aliphatic carbocycles. The van der Waals surface area contributed by atoms with E-state index in [9.17, 15) is 14.7 Å². The van der Waals surface area contributed by atoms with Crippen molar-refractivity contribution in [2.45, 2.75) is 123 Å². The summed E-state index contributed by atoms with van der Waals surface area (Å²) in [6.07, 6.45) is 7.45. The number of hydrogen-bond acceptors (Lipinski definition) is 7. The number of benzene rings is 1. The lowest BCUT2D eigenvalue weighted by Crippen LogP contribution is -2.61. The molecule has 4 heterocycles. The molecule has 5 rings (SSSR count). The van der Waals surface area contributed by atoms with Gasteiger partial charge in [0.05, 0.1) is 30.7 Å². The number of aliphatic hydroxyl groups is 1. The number of amides is 3. The van der Waals surface area contributed by atoms with E-state index in [-0.39, 0.29) is 36.2 Å². The number of aliphatic hydroxyl groups excluding tert-OH is 1. The Morgan fingerprint density at radius 1 is 1.00 bits per heavy atom. The minimum Gasteiger partial charge on any atom is -0.455 e. The number of nitrogens with zero attached hydrogens (tertiary/aromatic N) is 3. The fourth-order valence-electron chi connectivity index (χ4n) is 8.98. The lowest BCUT2D eigenvalue weighted by atomic mass is 9.77. The fraction of sp³-hybridized carbons (Fsp3) is 0.650. The van der Waals surface area contributed by atoms with Gasteiger partial charge in [-0.1, -0.05) is 89.3 Å². The Balaban J connectivity index is 1.65. The molecule has 50 heavy (non-hydrogen) atoms. The first-order valence-electron chi connectivity index (χ1n) is 18.2. The van der Waals surface area contributed by atoms with Crippen molar-refractivity contribution in [2.75, 3.05) is 20.2 Å². The third kappa shape index (κ3) is 7.02. The van der Waals surface area contributed by atoms with Crippen molar-refractivity contribution in [2.24, 2.45) is 23.2 Å². The van der Waals surface area contributed by atoms with Gasteiger partial charge in [-0.05, 0) is 56.9 Å². The van der Waals surface area contributed by atoms with Crippen LogP contribution in [0.5, 0.6) is 0 Å². The van der Waals surface area contributed by atoms with Crippen LogP contribution in [0.3, 0.4) is 0 Å². The van der Waals surface area contributed by atoms with Gasteiger partial charge in [0.2, 0.25) is 17.7 Å². The molecule has 10 nitrogen and oxygen atoms in total. The predicted molar refractivity (Wildman–Crippen MR) is 190 cm³/mol. The standard InChI is InChI=1S/C40H57N3O7/c1-25(2)22-28(23-44)43-34-36(47)42(39(7,8)24-38(4,5)6)21-15-20-40(34)32(35(43)46)31-29(50-40)18-13-14-19-30(45)41(9)26(3)33(49-37(31)48)27-16-11-10-12-17-27/h10-13,15-18,20,25-26,28-29,31-34,44H,14,19,21-24H2,1-9H3/b18-13-/t26-,28+,29-,31+,32+,33+,34-,40+/m0/s1. The van der Waals surface area contributed by atoms with Crippen LogP contribution in [-0.2, 0) is 28.7 Å². The van der Waals surface area contributed by atoms with Crippen molar-refractivity contribution in [3.63, 3.8) is 0 Å². The number of fused-ring (bicyclic) bond motifs is 2.